The molecule has 1 aliphatic rings. The zero-order valence-electron chi connectivity index (χ0n) is 14.5. The van der Waals surface area contributed by atoms with Gasteiger partial charge in [0.2, 0.25) is 5.91 Å². The van der Waals surface area contributed by atoms with E-state index in [2.05, 4.69) is 10.2 Å². The predicted molar refractivity (Wildman–Crippen MR) is 99.1 cm³/mol. The van der Waals surface area contributed by atoms with Gasteiger partial charge in [-0.3, -0.25) is 4.79 Å². The molecule has 1 amide bonds. The number of amides is 1. The molecule has 130 valence electrons. The summed E-state index contributed by atoms with van der Waals surface area (Å²) >= 11 is 0. The lowest BCUT2D eigenvalue weighted by Gasteiger charge is -2.26. The fraction of sp³-hybridized carbons (Fsp3) is 0.450. The van der Waals surface area contributed by atoms with E-state index in [9.17, 15) is 4.79 Å². The lowest BCUT2D eigenvalue weighted by atomic mass is 10.1. The van der Waals surface area contributed by atoms with Crippen LogP contribution in [0.2, 0.25) is 0 Å². The number of rotatable bonds is 8. The Kier molecular flexibility index (Phi) is 8.11. The van der Waals surface area contributed by atoms with E-state index in [1.54, 1.807) is 19.3 Å². The molecular formula is C20H28N2O2. The van der Waals surface area contributed by atoms with E-state index in [0.29, 0.717) is 0 Å². The summed E-state index contributed by atoms with van der Waals surface area (Å²) in [5.74, 6) is 0.805. The third-order valence-corrected chi connectivity index (χ3v) is 4.16. The highest BCUT2D eigenvalue weighted by Crippen LogP contribution is 2.12. The van der Waals surface area contributed by atoms with E-state index in [0.717, 1.165) is 30.8 Å². The molecule has 2 rings (SSSR count). The van der Waals surface area contributed by atoms with Crippen LogP contribution in [0.15, 0.2) is 42.5 Å². The van der Waals surface area contributed by atoms with Gasteiger partial charge in [-0.25, -0.2) is 0 Å². The molecule has 1 N–H and O–H groups in total. The molecule has 0 radical (unpaired) electrons. The molecule has 1 aromatic carbocycles. The van der Waals surface area contributed by atoms with Crippen molar-refractivity contribution in [3.05, 3.63) is 48.1 Å². The van der Waals surface area contributed by atoms with E-state index in [-0.39, 0.29) is 5.91 Å². The standard InChI is InChI=1S/C20H28N2O2/c1-24-19-12-10-18(11-13-19)8-3-4-9-20(23)21-14-7-17-22-15-5-2-6-16-22/h3-4,8-13H,2,5-7,14-17H2,1H3,(H,21,23)/b8-3+,9-4+. The van der Waals surface area contributed by atoms with Crippen LogP contribution >= 0.6 is 0 Å². The number of ether oxygens (including phenoxy) is 1. The normalized spacial score (nSPS) is 15.9. The lowest BCUT2D eigenvalue weighted by Crippen LogP contribution is -2.33. The topological polar surface area (TPSA) is 41.6 Å². The van der Waals surface area contributed by atoms with Crippen molar-refractivity contribution in [1.29, 1.82) is 0 Å². The van der Waals surface area contributed by atoms with Crippen molar-refractivity contribution in [1.82, 2.24) is 10.2 Å². The number of piperidine rings is 1. The minimum Gasteiger partial charge on any atom is -0.497 e. The Balaban J connectivity index is 1.60. The molecular weight excluding hydrogens is 300 g/mol. The summed E-state index contributed by atoms with van der Waals surface area (Å²) < 4.78 is 5.12. The Labute approximate surface area is 145 Å². The number of likely N-dealkylation sites (tertiary alicyclic amines) is 1. The maximum Gasteiger partial charge on any atom is 0.243 e. The van der Waals surface area contributed by atoms with Crippen LogP contribution < -0.4 is 10.1 Å². The number of nitrogens with zero attached hydrogens (tertiary/aromatic N) is 1. The first-order valence-electron chi connectivity index (χ1n) is 8.77. The fourth-order valence-corrected chi connectivity index (χ4v) is 2.78. The van der Waals surface area contributed by atoms with Gasteiger partial charge in [0.1, 0.15) is 5.75 Å². The molecule has 0 saturated carbocycles. The number of carbonyl (C=O) groups excluding carboxylic acids is 1. The van der Waals surface area contributed by atoms with Crippen LogP contribution in [0, 0.1) is 0 Å². The first-order chi connectivity index (χ1) is 11.8. The van der Waals surface area contributed by atoms with Gasteiger partial charge in [0.05, 0.1) is 7.11 Å². The van der Waals surface area contributed by atoms with E-state index >= 15 is 0 Å². The first-order valence-corrected chi connectivity index (χ1v) is 8.77. The number of nitrogens with one attached hydrogen (secondary N) is 1. The Morgan fingerprint density at radius 1 is 1.17 bits per heavy atom. The van der Waals surface area contributed by atoms with E-state index in [4.69, 9.17) is 4.74 Å². The first kappa shape index (κ1) is 18.3. The average molecular weight is 328 g/mol. The minimum atomic E-state index is -0.0342. The summed E-state index contributed by atoms with van der Waals surface area (Å²) in [6, 6.07) is 7.78. The highest BCUT2D eigenvalue weighted by molar-refractivity contribution is 5.87. The molecule has 0 atom stereocenters. The maximum atomic E-state index is 11.7. The Bertz CT molecular complexity index is 543. The second-order valence-electron chi connectivity index (χ2n) is 6.04. The third-order valence-electron chi connectivity index (χ3n) is 4.16. The number of carbonyl (C=O) groups is 1. The van der Waals surface area contributed by atoms with Gasteiger partial charge in [-0.15, -0.1) is 0 Å². The van der Waals surface area contributed by atoms with Crippen LogP contribution in [-0.4, -0.2) is 44.1 Å². The molecule has 0 aliphatic carbocycles. The number of methoxy groups -OCH3 is 1. The molecule has 0 aromatic heterocycles. The van der Waals surface area contributed by atoms with Crippen molar-refractivity contribution in [2.24, 2.45) is 0 Å². The molecule has 1 saturated heterocycles. The van der Waals surface area contributed by atoms with Gasteiger partial charge in [0.15, 0.2) is 0 Å². The van der Waals surface area contributed by atoms with Crippen LogP contribution in [0.3, 0.4) is 0 Å². The molecule has 4 heteroatoms. The third kappa shape index (κ3) is 7.01. The second kappa shape index (κ2) is 10.7. The van der Waals surface area contributed by atoms with E-state index < -0.39 is 0 Å². The largest absolute Gasteiger partial charge is 0.497 e. The molecule has 4 nitrogen and oxygen atoms in total. The molecule has 24 heavy (non-hydrogen) atoms. The van der Waals surface area contributed by atoms with Gasteiger partial charge in [0, 0.05) is 12.6 Å². The van der Waals surface area contributed by atoms with Crippen molar-refractivity contribution in [2.45, 2.75) is 25.7 Å². The molecule has 1 fully saturated rings. The van der Waals surface area contributed by atoms with Crippen molar-refractivity contribution < 1.29 is 9.53 Å². The fourth-order valence-electron chi connectivity index (χ4n) is 2.78. The molecule has 1 aliphatic heterocycles. The van der Waals surface area contributed by atoms with Gasteiger partial charge in [-0.05, 0) is 56.6 Å². The van der Waals surface area contributed by atoms with Crippen LogP contribution in [0.5, 0.6) is 5.75 Å². The predicted octanol–water partition coefficient (Wildman–Crippen LogP) is 3.26. The molecule has 1 heterocycles. The SMILES string of the molecule is COc1ccc(/C=C/C=C/C(=O)NCCCN2CCCCC2)cc1. The van der Waals surface area contributed by atoms with Gasteiger partial charge < -0.3 is 15.0 Å². The highest BCUT2D eigenvalue weighted by Gasteiger charge is 2.08. The van der Waals surface area contributed by atoms with Crippen LogP contribution in [0.1, 0.15) is 31.2 Å². The second-order valence-corrected chi connectivity index (χ2v) is 6.04. The summed E-state index contributed by atoms with van der Waals surface area (Å²) in [7, 11) is 1.65. The molecule has 1 aromatic rings. The zero-order chi connectivity index (χ0) is 17.0. The Morgan fingerprint density at radius 3 is 2.62 bits per heavy atom. The van der Waals surface area contributed by atoms with Gasteiger partial charge >= 0.3 is 0 Å². The summed E-state index contributed by atoms with van der Waals surface area (Å²) in [5.41, 5.74) is 1.07. The summed E-state index contributed by atoms with van der Waals surface area (Å²) in [6.07, 6.45) is 12.2. The lowest BCUT2D eigenvalue weighted by molar-refractivity contribution is -0.116. The van der Waals surface area contributed by atoms with E-state index in [1.165, 1.54) is 32.4 Å². The van der Waals surface area contributed by atoms with Gasteiger partial charge in [0.25, 0.3) is 0 Å². The number of hydrogen-bond donors (Lipinski definition) is 1. The van der Waals surface area contributed by atoms with Crippen molar-refractivity contribution in [3.63, 3.8) is 0 Å². The van der Waals surface area contributed by atoms with Crippen LogP contribution in [0.25, 0.3) is 6.08 Å². The number of hydrogen-bond acceptors (Lipinski definition) is 3. The monoisotopic (exact) mass is 328 g/mol. The quantitative estimate of drug-likeness (QED) is 0.452. The smallest absolute Gasteiger partial charge is 0.243 e. The zero-order valence-corrected chi connectivity index (χ0v) is 14.5. The van der Waals surface area contributed by atoms with Crippen molar-refractivity contribution in [3.8, 4) is 5.75 Å². The summed E-state index contributed by atoms with van der Waals surface area (Å²) in [6.45, 7) is 4.25. The molecule has 0 bridgehead atoms. The van der Waals surface area contributed by atoms with Gasteiger partial charge in [-0.2, -0.15) is 0 Å². The maximum absolute atomic E-state index is 11.7. The van der Waals surface area contributed by atoms with Crippen LogP contribution in [-0.2, 0) is 4.79 Å². The van der Waals surface area contributed by atoms with Crippen molar-refractivity contribution in [2.75, 3.05) is 33.3 Å². The van der Waals surface area contributed by atoms with Gasteiger partial charge in [-0.1, -0.05) is 36.8 Å². The average Bonchev–Trinajstić information content (AvgIpc) is 2.64. The minimum absolute atomic E-state index is 0.0342. The summed E-state index contributed by atoms with van der Waals surface area (Å²) in [4.78, 5) is 14.2. The number of benzene rings is 1. The Morgan fingerprint density at radius 2 is 1.92 bits per heavy atom. The van der Waals surface area contributed by atoms with Crippen LogP contribution in [0.4, 0.5) is 0 Å². The summed E-state index contributed by atoms with van der Waals surface area (Å²) in [5, 5.41) is 2.93. The van der Waals surface area contributed by atoms with Crippen molar-refractivity contribution >= 4 is 12.0 Å². The number of allylic oxidation sites excluding steroid dienone is 2. The Hall–Kier alpha value is -2.07. The van der Waals surface area contributed by atoms with E-state index in [1.807, 2.05) is 36.4 Å². The molecule has 0 spiro atoms. The highest BCUT2D eigenvalue weighted by atomic mass is 16.5. The molecule has 0 unspecified atom stereocenters.